The summed E-state index contributed by atoms with van der Waals surface area (Å²) in [4.78, 5) is 19.5. The van der Waals surface area contributed by atoms with Crippen molar-refractivity contribution in [1.82, 2.24) is 0 Å². The van der Waals surface area contributed by atoms with Crippen molar-refractivity contribution in [2.24, 2.45) is 0 Å². The molecule has 0 bridgehead atoms. The molecule has 16 heavy (non-hydrogen) atoms. The van der Waals surface area contributed by atoms with Gasteiger partial charge in [-0.3, -0.25) is 0 Å². The summed E-state index contributed by atoms with van der Waals surface area (Å²) in [5.41, 5.74) is -0.421. The number of hydrogen-bond acceptors (Lipinski definition) is 5. The molecular weight excluding hydrogens is 220 g/mol. The van der Waals surface area contributed by atoms with Crippen LogP contribution in [-0.2, 0) is 9.59 Å². The highest BCUT2D eigenvalue weighted by molar-refractivity contribution is 5.87. The number of carboxylic acid groups (broad SMARTS) is 2. The summed E-state index contributed by atoms with van der Waals surface area (Å²) < 4.78 is 0. The Hall–Kier alpha value is -1.70. The fraction of sp³-hybridized carbons (Fsp3) is 0.333. The van der Waals surface area contributed by atoms with Crippen molar-refractivity contribution >= 4 is 11.9 Å². The van der Waals surface area contributed by atoms with Gasteiger partial charge in [0.1, 0.15) is 0 Å². The van der Waals surface area contributed by atoms with Gasteiger partial charge in [-0.2, -0.15) is 0 Å². The Morgan fingerprint density at radius 3 is 1.44 bits per heavy atom. The normalized spacial score (nSPS) is 8.44. The van der Waals surface area contributed by atoms with Crippen LogP contribution in [0.25, 0.3) is 0 Å². The fourth-order valence-electron chi connectivity index (χ4n) is 0.572. The SMILES string of the molecule is C=CC(=O)O.O=C(O)C(CO)=C(CO)CO. The second-order valence-electron chi connectivity index (χ2n) is 2.40. The van der Waals surface area contributed by atoms with Gasteiger partial charge in [0.05, 0.1) is 25.4 Å². The molecule has 0 aromatic heterocycles. The van der Waals surface area contributed by atoms with Gasteiger partial charge in [0.2, 0.25) is 0 Å². The zero-order valence-corrected chi connectivity index (χ0v) is 8.46. The van der Waals surface area contributed by atoms with E-state index in [1.807, 2.05) is 0 Å². The summed E-state index contributed by atoms with van der Waals surface area (Å²) in [5, 5.41) is 41.4. The minimum absolute atomic E-state index is 0.0694. The van der Waals surface area contributed by atoms with Crippen LogP contribution in [0.1, 0.15) is 0 Å². The number of rotatable bonds is 5. The number of aliphatic carboxylic acids is 2. The molecule has 0 aliphatic carbocycles. The number of hydrogen-bond donors (Lipinski definition) is 5. The van der Waals surface area contributed by atoms with Gasteiger partial charge in [-0.05, 0) is 5.57 Å². The number of carbonyl (C=O) groups is 2. The molecule has 7 nitrogen and oxygen atoms in total. The van der Waals surface area contributed by atoms with Gasteiger partial charge in [-0.1, -0.05) is 6.58 Å². The van der Waals surface area contributed by atoms with E-state index in [0.717, 1.165) is 6.08 Å². The first-order chi connectivity index (χ1) is 7.44. The van der Waals surface area contributed by atoms with Crippen molar-refractivity contribution in [2.45, 2.75) is 0 Å². The average molecular weight is 234 g/mol. The van der Waals surface area contributed by atoms with E-state index < -0.39 is 31.8 Å². The van der Waals surface area contributed by atoms with Crippen molar-refractivity contribution in [3.63, 3.8) is 0 Å². The first-order valence-electron chi connectivity index (χ1n) is 4.06. The smallest absolute Gasteiger partial charge is 0.334 e. The molecule has 0 unspecified atom stereocenters. The van der Waals surface area contributed by atoms with E-state index >= 15 is 0 Å². The molecule has 5 N–H and O–H groups in total. The molecule has 0 saturated carbocycles. The van der Waals surface area contributed by atoms with E-state index in [1.165, 1.54) is 0 Å². The van der Waals surface area contributed by atoms with Crippen molar-refractivity contribution in [3.05, 3.63) is 23.8 Å². The second-order valence-corrected chi connectivity index (χ2v) is 2.40. The molecule has 0 heterocycles. The van der Waals surface area contributed by atoms with E-state index in [4.69, 9.17) is 25.5 Å². The van der Waals surface area contributed by atoms with Gasteiger partial charge >= 0.3 is 11.9 Å². The summed E-state index contributed by atoms with van der Waals surface area (Å²) >= 11 is 0. The maximum absolute atomic E-state index is 10.2. The van der Waals surface area contributed by atoms with Gasteiger partial charge in [-0.15, -0.1) is 0 Å². The first kappa shape index (κ1) is 16.7. The maximum atomic E-state index is 10.2. The lowest BCUT2D eigenvalue weighted by atomic mass is 10.1. The third kappa shape index (κ3) is 7.68. The Bertz CT molecular complexity index is 274. The average Bonchev–Trinajstić information content (AvgIpc) is 2.25. The van der Waals surface area contributed by atoms with Crippen molar-refractivity contribution in [3.8, 4) is 0 Å². The minimum Gasteiger partial charge on any atom is -0.478 e. The zero-order valence-electron chi connectivity index (χ0n) is 8.46. The van der Waals surface area contributed by atoms with E-state index in [0.29, 0.717) is 0 Å². The van der Waals surface area contributed by atoms with Crippen LogP contribution < -0.4 is 0 Å². The topological polar surface area (TPSA) is 135 Å². The second kappa shape index (κ2) is 9.84. The molecular formula is C9H14O7. The molecule has 0 amide bonds. The fourth-order valence-corrected chi connectivity index (χ4v) is 0.572. The summed E-state index contributed by atoms with van der Waals surface area (Å²) in [6.45, 7) is 1.16. The van der Waals surface area contributed by atoms with E-state index in [-0.39, 0.29) is 11.1 Å². The minimum atomic E-state index is -1.33. The molecule has 0 spiro atoms. The predicted octanol–water partition coefficient (Wildman–Crippen LogP) is -1.40. The van der Waals surface area contributed by atoms with Gasteiger partial charge < -0.3 is 25.5 Å². The number of aliphatic hydroxyl groups is 3. The lowest BCUT2D eigenvalue weighted by Gasteiger charge is -2.03. The lowest BCUT2D eigenvalue weighted by Crippen LogP contribution is -2.12. The van der Waals surface area contributed by atoms with Crippen LogP contribution in [0.4, 0.5) is 0 Å². The summed E-state index contributed by atoms with van der Waals surface area (Å²) in [6.07, 6.45) is 0.833. The summed E-state index contributed by atoms with van der Waals surface area (Å²) in [7, 11) is 0. The third-order valence-corrected chi connectivity index (χ3v) is 1.40. The molecule has 0 aromatic carbocycles. The molecule has 0 rings (SSSR count). The van der Waals surface area contributed by atoms with Crippen molar-refractivity contribution in [1.29, 1.82) is 0 Å². The van der Waals surface area contributed by atoms with Crippen LogP contribution in [-0.4, -0.2) is 57.3 Å². The molecule has 0 aliphatic heterocycles. The highest BCUT2D eigenvalue weighted by Gasteiger charge is 2.11. The third-order valence-electron chi connectivity index (χ3n) is 1.40. The summed E-state index contributed by atoms with van der Waals surface area (Å²) in [5.74, 6) is -2.31. The van der Waals surface area contributed by atoms with Crippen LogP contribution in [0, 0.1) is 0 Å². The highest BCUT2D eigenvalue weighted by Crippen LogP contribution is 2.02. The first-order valence-corrected chi connectivity index (χ1v) is 4.06. The molecule has 0 atom stereocenters. The van der Waals surface area contributed by atoms with Crippen LogP contribution in [0.5, 0.6) is 0 Å². The standard InChI is InChI=1S/C6H10O5.C3H4O2/c7-1-4(2-8)5(3-9)6(10)11;1-2-3(4)5/h7-9H,1-3H2,(H,10,11);2H,1H2,(H,4,5). The van der Waals surface area contributed by atoms with Crippen LogP contribution in [0.15, 0.2) is 23.8 Å². The van der Waals surface area contributed by atoms with Gasteiger partial charge in [-0.25, -0.2) is 9.59 Å². The van der Waals surface area contributed by atoms with Crippen molar-refractivity contribution in [2.75, 3.05) is 19.8 Å². The lowest BCUT2D eigenvalue weighted by molar-refractivity contribution is -0.133. The maximum Gasteiger partial charge on any atom is 0.334 e. The monoisotopic (exact) mass is 234 g/mol. The largest absolute Gasteiger partial charge is 0.478 e. The van der Waals surface area contributed by atoms with Gasteiger partial charge in [0.25, 0.3) is 0 Å². The van der Waals surface area contributed by atoms with Crippen LogP contribution in [0.3, 0.4) is 0 Å². The van der Waals surface area contributed by atoms with E-state index in [1.54, 1.807) is 0 Å². The van der Waals surface area contributed by atoms with Gasteiger partial charge in [0, 0.05) is 6.08 Å². The van der Waals surface area contributed by atoms with Crippen LogP contribution >= 0.6 is 0 Å². The number of aliphatic hydroxyl groups excluding tert-OH is 3. The quantitative estimate of drug-likeness (QED) is 0.369. The molecule has 7 heteroatoms. The molecule has 0 aliphatic rings. The van der Waals surface area contributed by atoms with E-state index in [2.05, 4.69) is 6.58 Å². The Kier molecular flexibility index (Phi) is 10.3. The zero-order chi connectivity index (χ0) is 13.1. The van der Waals surface area contributed by atoms with Crippen LogP contribution in [0.2, 0.25) is 0 Å². The Labute approximate surface area is 91.6 Å². The summed E-state index contributed by atoms with van der Waals surface area (Å²) in [6, 6.07) is 0. The van der Waals surface area contributed by atoms with Gasteiger partial charge in [0.15, 0.2) is 0 Å². The number of carboxylic acids is 2. The Balaban J connectivity index is 0. The molecule has 0 saturated heterocycles. The van der Waals surface area contributed by atoms with E-state index in [9.17, 15) is 9.59 Å². The highest BCUT2D eigenvalue weighted by atomic mass is 16.4. The molecule has 0 radical (unpaired) electrons. The Morgan fingerprint density at radius 1 is 1.00 bits per heavy atom. The molecule has 0 aromatic rings. The predicted molar refractivity (Wildman–Crippen MR) is 53.8 cm³/mol. The Morgan fingerprint density at radius 2 is 1.38 bits per heavy atom. The molecule has 0 fully saturated rings. The van der Waals surface area contributed by atoms with Crippen molar-refractivity contribution < 1.29 is 35.1 Å². The molecule has 92 valence electrons.